The van der Waals surface area contributed by atoms with Crippen LogP contribution < -0.4 is 14.8 Å². The molecule has 0 bridgehead atoms. The molecule has 0 spiro atoms. The fourth-order valence-electron chi connectivity index (χ4n) is 1.81. The summed E-state index contributed by atoms with van der Waals surface area (Å²) < 4.78 is 10.7. The third-order valence-corrected chi connectivity index (χ3v) is 3.49. The summed E-state index contributed by atoms with van der Waals surface area (Å²) in [5.41, 5.74) is 1.13. The summed E-state index contributed by atoms with van der Waals surface area (Å²) >= 11 is 5.07. The van der Waals surface area contributed by atoms with Crippen molar-refractivity contribution in [1.29, 1.82) is 0 Å². The number of anilines is 1. The van der Waals surface area contributed by atoms with Crippen LogP contribution in [0.5, 0.6) is 11.5 Å². The molecular weight excluding hydrogens is 312 g/mol. The third kappa shape index (κ3) is 4.43. The minimum absolute atomic E-state index is 0.226. The van der Waals surface area contributed by atoms with Crippen LogP contribution in [-0.4, -0.2) is 37.2 Å². The largest absolute Gasteiger partial charge is 0.495 e. The van der Waals surface area contributed by atoms with E-state index in [0.29, 0.717) is 27.9 Å². The van der Waals surface area contributed by atoms with E-state index < -0.39 is 0 Å². The number of nitrogens with zero attached hydrogens (tertiary/aromatic N) is 1. The Labute approximate surface area is 140 Å². The topological polar surface area (TPSA) is 50.8 Å². The maximum absolute atomic E-state index is 12.3. The minimum Gasteiger partial charge on any atom is -0.495 e. The maximum Gasteiger partial charge on any atom is 0.264 e. The summed E-state index contributed by atoms with van der Waals surface area (Å²) in [5.74, 6) is 0.964. The first-order chi connectivity index (χ1) is 11.0. The number of methoxy groups -OCH3 is 1. The van der Waals surface area contributed by atoms with Crippen LogP contribution in [0.15, 0.2) is 48.5 Å². The van der Waals surface area contributed by atoms with Gasteiger partial charge in [0.15, 0.2) is 0 Å². The van der Waals surface area contributed by atoms with Crippen molar-refractivity contribution in [3.05, 3.63) is 54.1 Å². The molecule has 0 aliphatic carbocycles. The van der Waals surface area contributed by atoms with E-state index >= 15 is 0 Å². The van der Waals surface area contributed by atoms with Crippen LogP contribution in [0.25, 0.3) is 0 Å². The number of benzene rings is 2. The first-order valence-corrected chi connectivity index (χ1v) is 7.35. The first-order valence-electron chi connectivity index (χ1n) is 6.95. The molecule has 1 amide bonds. The number of amides is 1. The molecule has 0 saturated carbocycles. The smallest absolute Gasteiger partial charge is 0.264 e. The summed E-state index contributed by atoms with van der Waals surface area (Å²) in [6.45, 7) is 0. The second kappa shape index (κ2) is 7.60. The fourth-order valence-corrected chi connectivity index (χ4v) is 1.91. The van der Waals surface area contributed by atoms with Gasteiger partial charge in [0.1, 0.15) is 11.5 Å². The molecule has 0 saturated heterocycles. The van der Waals surface area contributed by atoms with Crippen LogP contribution in [0.3, 0.4) is 0 Å². The van der Waals surface area contributed by atoms with E-state index in [9.17, 15) is 4.79 Å². The van der Waals surface area contributed by atoms with Crippen LogP contribution in [0.4, 0.5) is 5.69 Å². The van der Waals surface area contributed by atoms with Crippen LogP contribution in [0.1, 0.15) is 10.4 Å². The number of hydrogen-bond donors (Lipinski definition) is 1. The van der Waals surface area contributed by atoms with Crippen molar-refractivity contribution >= 4 is 29.0 Å². The van der Waals surface area contributed by atoms with Gasteiger partial charge in [-0.2, -0.15) is 0 Å². The highest BCUT2D eigenvalue weighted by atomic mass is 32.1. The van der Waals surface area contributed by atoms with E-state index in [2.05, 4.69) is 5.32 Å². The quantitative estimate of drug-likeness (QED) is 0.873. The third-order valence-electron chi connectivity index (χ3n) is 3.04. The Kier molecular flexibility index (Phi) is 5.54. The molecule has 0 aliphatic rings. The number of hydrogen-bond acceptors (Lipinski definition) is 4. The van der Waals surface area contributed by atoms with E-state index in [4.69, 9.17) is 21.7 Å². The second-order valence-corrected chi connectivity index (χ2v) is 5.29. The maximum atomic E-state index is 12.3. The van der Waals surface area contributed by atoms with Crippen LogP contribution in [0.2, 0.25) is 0 Å². The highest BCUT2D eigenvalue weighted by molar-refractivity contribution is 7.80. The number of carbonyl (C=O) groups excluding carboxylic acids is 1. The number of ether oxygens (including phenoxy) is 2. The SMILES string of the molecule is COc1ccccc1NC(=O)c1ccc(OC(=S)N(C)C)cc1. The van der Waals surface area contributed by atoms with Crippen LogP contribution >= 0.6 is 12.2 Å². The van der Waals surface area contributed by atoms with Gasteiger partial charge in [0.05, 0.1) is 12.8 Å². The molecular formula is C17H18N2O3S. The number of para-hydroxylation sites is 2. The van der Waals surface area contributed by atoms with E-state index in [-0.39, 0.29) is 5.91 Å². The lowest BCUT2D eigenvalue weighted by molar-refractivity contribution is 0.102. The van der Waals surface area contributed by atoms with E-state index in [1.165, 1.54) is 0 Å². The summed E-state index contributed by atoms with van der Waals surface area (Å²) in [7, 11) is 5.17. The van der Waals surface area contributed by atoms with E-state index in [1.807, 2.05) is 12.1 Å². The van der Waals surface area contributed by atoms with Gasteiger partial charge in [-0.05, 0) is 48.6 Å². The summed E-state index contributed by atoms with van der Waals surface area (Å²) in [6.07, 6.45) is 0. The van der Waals surface area contributed by atoms with Crippen molar-refractivity contribution in [3.8, 4) is 11.5 Å². The molecule has 2 aromatic rings. The predicted octanol–water partition coefficient (Wildman–Crippen LogP) is 3.17. The van der Waals surface area contributed by atoms with Gasteiger partial charge in [-0.15, -0.1) is 0 Å². The normalized spacial score (nSPS) is 9.87. The van der Waals surface area contributed by atoms with Crippen LogP contribution in [-0.2, 0) is 0 Å². The van der Waals surface area contributed by atoms with Gasteiger partial charge in [0.2, 0.25) is 0 Å². The van der Waals surface area contributed by atoms with Gasteiger partial charge in [-0.3, -0.25) is 4.79 Å². The molecule has 6 heteroatoms. The molecule has 0 radical (unpaired) electrons. The predicted molar refractivity (Wildman–Crippen MR) is 94.3 cm³/mol. The zero-order chi connectivity index (χ0) is 16.8. The lowest BCUT2D eigenvalue weighted by Gasteiger charge is -2.14. The average molecular weight is 330 g/mol. The average Bonchev–Trinajstić information content (AvgIpc) is 2.55. The Morgan fingerprint density at radius 2 is 1.74 bits per heavy atom. The van der Waals surface area contributed by atoms with Crippen LogP contribution in [0, 0.1) is 0 Å². The number of thiocarbonyl (C=S) groups is 1. The summed E-state index contributed by atoms with van der Waals surface area (Å²) in [4.78, 5) is 14.0. The monoisotopic (exact) mass is 330 g/mol. The molecule has 0 aliphatic heterocycles. The molecule has 0 aromatic heterocycles. The molecule has 0 unspecified atom stereocenters. The fraction of sp³-hybridized carbons (Fsp3) is 0.176. The van der Waals surface area contributed by atoms with Gasteiger partial charge in [-0.1, -0.05) is 12.1 Å². The summed E-state index contributed by atoms with van der Waals surface area (Å²) in [6, 6.07) is 14.0. The Hall–Kier alpha value is -2.60. The first kappa shape index (κ1) is 16.8. The molecule has 120 valence electrons. The number of nitrogens with one attached hydrogen (secondary N) is 1. The molecule has 23 heavy (non-hydrogen) atoms. The Balaban J connectivity index is 2.07. The molecule has 2 aromatic carbocycles. The standard InChI is InChI=1S/C17H18N2O3S/c1-19(2)17(23)22-13-10-8-12(9-11-13)16(20)18-14-6-4-5-7-15(14)21-3/h4-11H,1-3H3,(H,18,20). The molecule has 2 rings (SSSR count). The summed E-state index contributed by atoms with van der Waals surface area (Å²) in [5, 5.41) is 3.18. The highest BCUT2D eigenvalue weighted by Crippen LogP contribution is 2.24. The molecule has 0 heterocycles. The van der Waals surface area contributed by atoms with Gasteiger partial charge in [-0.25, -0.2) is 0 Å². The molecule has 5 nitrogen and oxygen atoms in total. The molecule has 0 fully saturated rings. The van der Waals surface area contributed by atoms with Crippen molar-refractivity contribution < 1.29 is 14.3 Å². The Bertz CT molecular complexity index is 699. The lowest BCUT2D eigenvalue weighted by Crippen LogP contribution is -2.25. The number of carbonyl (C=O) groups is 1. The lowest BCUT2D eigenvalue weighted by atomic mass is 10.2. The van der Waals surface area contributed by atoms with Crippen molar-refractivity contribution in [1.82, 2.24) is 4.90 Å². The molecule has 0 atom stereocenters. The zero-order valence-electron chi connectivity index (χ0n) is 13.2. The Morgan fingerprint density at radius 1 is 1.09 bits per heavy atom. The second-order valence-electron chi connectivity index (χ2n) is 4.94. The van der Waals surface area contributed by atoms with Crippen molar-refractivity contribution in [2.24, 2.45) is 0 Å². The highest BCUT2D eigenvalue weighted by Gasteiger charge is 2.10. The van der Waals surface area contributed by atoms with Crippen molar-refractivity contribution in [2.45, 2.75) is 0 Å². The number of rotatable bonds is 4. The zero-order valence-corrected chi connectivity index (χ0v) is 14.0. The van der Waals surface area contributed by atoms with E-state index in [1.54, 1.807) is 62.5 Å². The van der Waals surface area contributed by atoms with Gasteiger partial charge < -0.3 is 19.7 Å². The van der Waals surface area contributed by atoms with Gasteiger partial charge >= 0.3 is 0 Å². The van der Waals surface area contributed by atoms with Crippen molar-refractivity contribution in [2.75, 3.05) is 26.5 Å². The van der Waals surface area contributed by atoms with E-state index in [0.717, 1.165) is 0 Å². The Morgan fingerprint density at radius 3 is 2.35 bits per heavy atom. The molecule has 1 N–H and O–H groups in total. The van der Waals surface area contributed by atoms with Gasteiger partial charge in [0.25, 0.3) is 11.1 Å². The van der Waals surface area contributed by atoms with Gasteiger partial charge in [0, 0.05) is 19.7 Å². The minimum atomic E-state index is -0.226. The van der Waals surface area contributed by atoms with Crippen molar-refractivity contribution in [3.63, 3.8) is 0 Å².